The molecule has 0 amide bonds. The van der Waals surface area contributed by atoms with Gasteiger partial charge in [0.15, 0.2) is 0 Å². The van der Waals surface area contributed by atoms with Gasteiger partial charge in [0, 0.05) is 32.0 Å². The number of hydrogen-bond donors (Lipinski definition) is 2. The number of fused-ring (bicyclic) bond motifs is 1. The van der Waals surface area contributed by atoms with Crippen molar-refractivity contribution in [1.82, 2.24) is 4.98 Å². The van der Waals surface area contributed by atoms with Crippen LogP contribution >= 0.6 is 31.9 Å². The summed E-state index contributed by atoms with van der Waals surface area (Å²) in [6.45, 7) is 0. The van der Waals surface area contributed by atoms with E-state index < -0.39 is 6.10 Å². The quantitative estimate of drug-likeness (QED) is 0.325. The maximum Gasteiger partial charge on any atom is 0.119 e. The highest BCUT2D eigenvalue weighted by molar-refractivity contribution is 9.10. The third-order valence-corrected chi connectivity index (χ3v) is 6.07. The van der Waals surface area contributed by atoms with Gasteiger partial charge in [-0.25, -0.2) is 0 Å². The lowest BCUT2D eigenvalue weighted by Gasteiger charge is -2.24. The Balaban J connectivity index is 1.88. The normalized spacial score (nSPS) is 13.4. The zero-order chi connectivity index (χ0) is 19.7. The Bertz CT molecular complexity index is 1090. The third kappa shape index (κ3) is 3.75. The minimum absolute atomic E-state index is 0.227. The average Bonchev–Trinajstić information content (AvgIpc) is 3.13. The van der Waals surface area contributed by atoms with Gasteiger partial charge in [0.25, 0.3) is 0 Å². The molecule has 0 bridgehead atoms. The van der Waals surface area contributed by atoms with Gasteiger partial charge in [-0.15, -0.1) is 0 Å². The van der Waals surface area contributed by atoms with Crippen LogP contribution in [0.2, 0.25) is 0 Å². The van der Waals surface area contributed by atoms with Gasteiger partial charge in [-0.05, 0) is 59.2 Å². The van der Waals surface area contributed by atoms with Crippen LogP contribution in [-0.4, -0.2) is 17.2 Å². The number of methoxy groups -OCH3 is 1. The number of aliphatic hydroxyl groups excluding tert-OH is 1. The van der Waals surface area contributed by atoms with E-state index in [9.17, 15) is 5.11 Å². The van der Waals surface area contributed by atoms with E-state index in [0.717, 1.165) is 42.3 Å². The molecule has 0 aliphatic heterocycles. The largest absolute Gasteiger partial charge is 0.497 e. The predicted octanol–water partition coefficient (Wildman–Crippen LogP) is 6.57. The van der Waals surface area contributed by atoms with Crippen molar-refractivity contribution in [1.29, 1.82) is 0 Å². The molecular formula is C23H19Br2NO2. The van der Waals surface area contributed by atoms with E-state index in [4.69, 9.17) is 4.74 Å². The van der Waals surface area contributed by atoms with E-state index in [1.54, 1.807) is 7.11 Å². The summed E-state index contributed by atoms with van der Waals surface area (Å²) in [5.74, 6) is 0.566. The van der Waals surface area contributed by atoms with Crippen molar-refractivity contribution in [3.63, 3.8) is 0 Å². The van der Waals surface area contributed by atoms with Crippen LogP contribution in [0.15, 0.2) is 81.9 Å². The van der Waals surface area contributed by atoms with Crippen LogP contribution in [-0.2, 0) is 0 Å². The zero-order valence-corrected chi connectivity index (χ0v) is 18.4. The molecule has 2 N–H and O–H groups in total. The minimum Gasteiger partial charge on any atom is -0.497 e. The van der Waals surface area contributed by atoms with Gasteiger partial charge in [-0.2, -0.15) is 0 Å². The molecule has 0 aliphatic carbocycles. The second-order valence-corrected chi connectivity index (χ2v) is 8.51. The Hall–Kier alpha value is -2.08. The van der Waals surface area contributed by atoms with Crippen LogP contribution < -0.4 is 4.74 Å². The number of rotatable bonds is 5. The molecule has 0 radical (unpaired) electrons. The van der Waals surface area contributed by atoms with Gasteiger partial charge in [0.05, 0.1) is 13.2 Å². The van der Waals surface area contributed by atoms with Gasteiger partial charge in [0.2, 0.25) is 0 Å². The standard InChI is InChI=1S/C23H19Br2NO2/c1-28-18-10-11-21-19(12-18)20(13-26-21)22(14-2-6-16(24)7-3-14)23(27)15-4-8-17(25)9-5-15/h2-13,22-23,26-27H,1H3/t22-,23+/m1/s1. The van der Waals surface area contributed by atoms with Crippen LogP contribution in [0, 0.1) is 0 Å². The first kappa shape index (κ1) is 19.2. The molecule has 5 heteroatoms. The summed E-state index contributed by atoms with van der Waals surface area (Å²) in [7, 11) is 1.66. The highest BCUT2D eigenvalue weighted by Crippen LogP contribution is 2.41. The number of aliphatic hydroxyl groups is 1. The van der Waals surface area contributed by atoms with Crippen molar-refractivity contribution < 1.29 is 9.84 Å². The molecule has 1 aromatic heterocycles. The van der Waals surface area contributed by atoms with Crippen molar-refractivity contribution in [2.24, 2.45) is 0 Å². The molecule has 4 rings (SSSR count). The highest BCUT2D eigenvalue weighted by atomic mass is 79.9. The molecule has 1 heterocycles. The predicted molar refractivity (Wildman–Crippen MR) is 120 cm³/mol. The number of benzene rings is 3. The Kier molecular flexibility index (Phi) is 5.58. The molecule has 0 spiro atoms. The van der Waals surface area contributed by atoms with Gasteiger partial charge < -0.3 is 14.8 Å². The molecule has 0 fully saturated rings. The summed E-state index contributed by atoms with van der Waals surface area (Å²) >= 11 is 6.97. The molecule has 3 nitrogen and oxygen atoms in total. The van der Waals surface area contributed by atoms with Crippen molar-refractivity contribution in [2.45, 2.75) is 12.0 Å². The average molecular weight is 501 g/mol. The number of aromatic amines is 1. The first-order chi connectivity index (χ1) is 13.6. The number of aromatic nitrogens is 1. The SMILES string of the molecule is COc1ccc2[nH]cc([C@@H](c3ccc(Br)cc3)[C@@H](O)c3ccc(Br)cc3)c2c1. The summed E-state index contributed by atoms with van der Waals surface area (Å²) < 4.78 is 7.41. The van der Waals surface area contributed by atoms with Gasteiger partial charge >= 0.3 is 0 Å². The maximum absolute atomic E-state index is 11.4. The fourth-order valence-corrected chi connectivity index (χ4v) is 4.09. The lowest BCUT2D eigenvalue weighted by Crippen LogP contribution is -2.12. The molecular weight excluding hydrogens is 482 g/mol. The van der Waals surface area contributed by atoms with Crippen LogP contribution in [0.1, 0.15) is 28.7 Å². The smallest absolute Gasteiger partial charge is 0.119 e. The molecule has 0 unspecified atom stereocenters. The van der Waals surface area contributed by atoms with Gasteiger partial charge in [0.1, 0.15) is 5.75 Å². The Labute approximate surface area is 180 Å². The lowest BCUT2D eigenvalue weighted by atomic mass is 9.83. The monoisotopic (exact) mass is 499 g/mol. The maximum atomic E-state index is 11.4. The molecule has 0 saturated heterocycles. The molecule has 4 aromatic rings. The van der Waals surface area contributed by atoms with Crippen LogP contribution in [0.5, 0.6) is 5.75 Å². The van der Waals surface area contributed by atoms with E-state index >= 15 is 0 Å². The minimum atomic E-state index is -0.695. The number of ether oxygens (including phenoxy) is 1. The van der Waals surface area contributed by atoms with Gasteiger partial charge in [-0.3, -0.25) is 0 Å². The Morgan fingerprint density at radius 3 is 2.07 bits per heavy atom. The number of H-pyrrole nitrogens is 1. The number of hydrogen-bond acceptors (Lipinski definition) is 2. The second kappa shape index (κ2) is 8.11. The second-order valence-electron chi connectivity index (χ2n) is 6.68. The Morgan fingerprint density at radius 2 is 1.46 bits per heavy atom. The lowest BCUT2D eigenvalue weighted by molar-refractivity contribution is 0.159. The van der Waals surface area contributed by atoms with E-state index in [1.165, 1.54) is 0 Å². The first-order valence-corrected chi connectivity index (χ1v) is 10.5. The molecule has 0 aliphatic rings. The molecule has 2 atom stereocenters. The summed E-state index contributed by atoms with van der Waals surface area (Å²) in [5.41, 5.74) is 3.96. The first-order valence-electron chi connectivity index (χ1n) is 8.91. The highest BCUT2D eigenvalue weighted by Gasteiger charge is 2.27. The van der Waals surface area contributed by atoms with E-state index in [2.05, 4.69) is 49.0 Å². The Morgan fingerprint density at radius 1 is 0.857 bits per heavy atom. The van der Waals surface area contributed by atoms with Crippen LogP contribution in [0.25, 0.3) is 10.9 Å². The number of halogens is 2. The van der Waals surface area contributed by atoms with E-state index in [-0.39, 0.29) is 5.92 Å². The molecule has 28 heavy (non-hydrogen) atoms. The topological polar surface area (TPSA) is 45.2 Å². The zero-order valence-electron chi connectivity index (χ0n) is 15.2. The van der Waals surface area contributed by atoms with Crippen LogP contribution in [0.4, 0.5) is 0 Å². The van der Waals surface area contributed by atoms with Gasteiger partial charge in [-0.1, -0.05) is 56.1 Å². The summed E-state index contributed by atoms with van der Waals surface area (Å²) in [6, 6.07) is 21.9. The summed E-state index contributed by atoms with van der Waals surface area (Å²) in [4.78, 5) is 3.33. The number of nitrogens with one attached hydrogen (secondary N) is 1. The van der Waals surface area contributed by atoms with E-state index in [1.807, 2.05) is 60.8 Å². The van der Waals surface area contributed by atoms with Crippen molar-refractivity contribution in [3.8, 4) is 5.75 Å². The molecule has 142 valence electrons. The fourth-order valence-electron chi connectivity index (χ4n) is 3.56. The fraction of sp³-hybridized carbons (Fsp3) is 0.130. The molecule has 0 saturated carbocycles. The van der Waals surface area contributed by atoms with Crippen molar-refractivity contribution >= 4 is 42.8 Å². The molecule has 3 aromatic carbocycles. The van der Waals surface area contributed by atoms with Crippen molar-refractivity contribution in [3.05, 3.63) is 98.6 Å². The van der Waals surface area contributed by atoms with Crippen LogP contribution in [0.3, 0.4) is 0 Å². The summed E-state index contributed by atoms with van der Waals surface area (Å²) in [5, 5.41) is 12.4. The third-order valence-electron chi connectivity index (χ3n) is 5.01. The summed E-state index contributed by atoms with van der Waals surface area (Å²) in [6.07, 6.45) is 1.29. The van der Waals surface area contributed by atoms with E-state index in [0.29, 0.717) is 0 Å². The van der Waals surface area contributed by atoms with Crippen molar-refractivity contribution in [2.75, 3.05) is 7.11 Å².